The molecular formula is C16H19FN2O4. The minimum atomic E-state index is -0.366. The van der Waals surface area contributed by atoms with Crippen LogP contribution in [0.15, 0.2) is 18.2 Å². The van der Waals surface area contributed by atoms with Gasteiger partial charge in [0.05, 0.1) is 25.8 Å². The van der Waals surface area contributed by atoms with Crippen molar-refractivity contribution in [3.8, 4) is 5.75 Å². The first kappa shape index (κ1) is 15.7. The Hall–Kier alpha value is -2.15. The topological polar surface area (TPSA) is 67.9 Å². The number of hydrogen-bond donors (Lipinski definition) is 1. The molecule has 2 heterocycles. The van der Waals surface area contributed by atoms with Crippen LogP contribution in [0.1, 0.15) is 24.4 Å². The maximum absolute atomic E-state index is 13.3. The van der Waals surface area contributed by atoms with E-state index in [1.165, 1.54) is 17.0 Å². The third-order valence-corrected chi connectivity index (χ3v) is 4.00. The van der Waals surface area contributed by atoms with Crippen molar-refractivity contribution in [3.63, 3.8) is 0 Å². The van der Waals surface area contributed by atoms with E-state index in [9.17, 15) is 14.0 Å². The van der Waals surface area contributed by atoms with Gasteiger partial charge in [0.15, 0.2) is 0 Å². The minimum absolute atomic E-state index is 0.01000. The molecule has 1 atom stereocenters. The zero-order valence-electron chi connectivity index (χ0n) is 12.7. The largest absolute Gasteiger partial charge is 0.493 e. The standard InChI is InChI=1S/C16H19FN2O4/c17-11-3-4-12-13(2-1-6-23-14(12)8-11)18-15(20)9-19-5-7-22-10-16(19)21/h3-4,8,13H,1-2,5-7,9-10H2,(H,18,20). The summed E-state index contributed by atoms with van der Waals surface area (Å²) in [6.07, 6.45) is 1.47. The molecule has 0 spiro atoms. The normalized spacial score (nSPS) is 21.2. The molecule has 3 rings (SSSR count). The fourth-order valence-corrected chi connectivity index (χ4v) is 2.83. The molecule has 23 heavy (non-hydrogen) atoms. The zero-order chi connectivity index (χ0) is 16.2. The van der Waals surface area contributed by atoms with Gasteiger partial charge in [-0.1, -0.05) is 6.07 Å². The number of carbonyl (C=O) groups is 2. The van der Waals surface area contributed by atoms with Crippen LogP contribution in [0, 0.1) is 5.82 Å². The lowest BCUT2D eigenvalue weighted by Crippen LogP contribution is -2.47. The van der Waals surface area contributed by atoms with E-state index in [1.54, 1.807) is 6.07 Å². The highest BCUT2D eigenvalue weighted by Gasteiger charge is 2.25. The summed E-state index contributed by atoms with van der Waals surface area (Å²) in [6, 6.07) is 4.10. The second-order valence-electron chi connectivity index (χ2n) is 5.66. The van der Waals surface area contributed by atoms with Crippen LogP contribution in [0.5, 0.6) is 5.75 Å². The molecule has 0 radical (unpaired) electrons. The lowest BCUT2D eigenvalue weighted by molar-refractivity contribution is -0.146. The number of benzene rings is 1. The summed E-state index contributed by atoms with van der Waals surface area (Å²) in [5, 5.41) is 2.93. The van der Waals surface area contributed by atoms with Crippen molar-refractivity contribution in [1.82, 2.24) is 10.2 Å². The van der Waals surface area contributed by atoms with Crippen LogP contribution in [-0.2, 0) is 14.3 Å². The number of morpholine rings is 1. The van der Waals surface area contributed by atoms with Gasteiger partial charge in [0.25, 0.3) is 0 Å². The molecule has 0 saturated carbocycles. The summed E-state index contributed by atoms with van der Waals surface area (Å²) in [4.78, 5) is 25.4. The molecule has 1 unspecified atom stereocenters. The SMILES string of the molecule is O=C(CN1CCOCC1=O)NC1CCCOc2cc(F)ccc21. The molecule has 1 aromatic carbocycles. The van der Waals surface area contributed by atoms with Crippen molar-refractivity contribution >= 4 is 11.8 Å². The minimum Gasteiger partial charge on any atom is -0.493 e. The van der Waals surface area contributed by atoms with Gasteiger partial charge in [0.2, 0.25) is 11.8 Å². The average molecular weight is 322 g/mol. The molecule has 2 aliphatic heterocycles. The fraction of sp³-hybridized carbons (Fsp3) is 0.500. The van der Waals surface area contributed by atoms with E-state index in [0.717, 1.165) is 12.0 Å². The fourth-order valence-electron chi connectivity index (χ4n) is 2.83. The number of amides is 2. The maximum Gasteiger partial charge on any atom is 0.249 e. The first-order valence-electron chi connectivity index (χ1n) is 7.70. The molecule has 1 N–H and O–H groups in total. The second kappa shape index (κ2) is 6.95. The third kappa shape index (κ3) is 3.79. The van der Waals surface area contributed by atoms with E-state index < -0.39 is 0 Å². The number of nitrogens with one attached hydrogen (secondary N) is 1. The van der Waals surface area contributed by atoms with Gasteiger partial charge >= 0.3 is 0 Å². The quantitative estimate of drug-likeness (QED) is 0.902. The van der Waals surface area contributed by atoms with Crippen LogP contribution in [0.25, 0.3) is 0 Å². The number of halogens is 1. The number of nitrogens with zero attached hydrogens (tertiary/aromatic N) is 1. The van der Waals surface area contributed by atoms with Gasteiger partial charge in [-0.2, -0.15) is 0 Å². The molecule has 7 heteroatoms. The lowest BCUT2D eigenvalue weighted by atomic mass is 10.0. The Morgan fingerprint density at radius 2 is 2.26 bits per heavy atom. The predicted octanol–water partition coefficient (Wildman–Crippen LogP) is 1.01. The van der Waals surface area contributed by atoms with E-state index >= 15 is 0 Å². The number of hydrogen-bond acceptors (Lipinski definition) is 4. The Kier molecular flexibility index (Phi) is 4.76. The molecule has 6 nitrogen and oxygen atoms in total. The highest BCUT2D eigenvalue weighted by atomic mass is 19.1. The monoisotopic (exact) mass is 322 g/mol. The van der Waals surface area contributed by atoms with Gasteiger partial charge in [-0.3, -0.25) is 9.59 Å². The van der Waals surface area contributed by atoms with Crippen LogP contribution >= 0.6 is 0 Å². The van der Waals surface area contributed by atoms with Crippen LogP contribution in [0.2, 0.25) is 0 Å². The van der Waals surface area contributed by atoms with E-state index in [1.807, 2.05) is 0 Å². The summed E-state index contributed by atoms with van der Waals surface area (Å²) >= 11 is 0. The van der Waals surface area contributed by atoms with Crippen molar-refractivity contribution < 1.29 is 23.5 Å². The van der Waals surface area contributed by atoms with Crippen molar-refractivity contribution in [2.24, 2.45) is 0 Å². The number of carbonyl (C=O) groups excluding carboxylic acids is 2. The molecule has 0 bridgehead atoms. The first-order valence-corrected chi connectivity index (χ1v) is 7.70. The number of fused-ring (bicyclic) bond motifs is 1. The molecule has 1 aromatic rings. The molecule has 124 valence electrons. The Bertz CT molecular complexity index is 608. The van der Waals surface area contributed by atoms with Crippen molar-refractivity contribution in [2.75, 3.05) is 32.9 Å². The van der Waals surface area contributed by atoms with Gasteiger partial charge in [-0.05, 0) is 18.9 Å². The Morgan fingerprint density at radius 1 is 1.39 bits per heavy atom. The molecule has 2 aliphatic rings. The van der Waals surface area contributed by atoms with Crippen LogP contribution in [0.3, 0.4) is 0 Å². The van der Waals surface area contributed by atoms with E-state index in [0.29, 0.717) is 31.9 Å². The number of rotatable bonds is 3. The maximum atomic E-state index is 13.3. The first-order chi connectivity index (χ1) is 11.1. The molecule has 2 amide bonds. The molecule has 1 saturated heterocycles. The van der Waals surface area contributed by atoms with Crippen LogP contribution < -0.4 is 10.1 Å². The molecule has 0 aliphatic carbocycles. The summed E-state index contributed by atoms with van der Waals surface area (Å²) in [6.45, 7) is 1.38. The Morgan fingerprint density at radius 3 is 3.09 bits per heavy atom. The molecule has 1 fully saturated rings. The van der Waals surface area contributed by atoms with E-state index in [4.69, 9.17) is 9.47 Å². The zero-order valence-corrected chi connectivity index (χ0v) is 12.7. The van der Waals surface area contributed by atoms with Gasteiger partial charge < -0.3 is 19.7 Å². The van der Waals surface area contributed by atoms with Gasteiger partial charge in [0.1, 0.15) is 18.2 Å². The average Bonchev–Trinajstić information content (AvgIpc) is 2.71. The highest BCUT2D eigenvalue weighted by molar-refractivity contribution is 5.85. The Balaban J connectivity index is 1.67. The van der Waals surface area contributed by atoms with Gasteiger partial charge in [0, 0.05) is 18.2 Å². The van der Waals surface area contributed by atoms with Crippen molar-refractivity contribution in [2.45, 2.75) is 18.9 Å². The molecule has 0 aromatic heterocycles. The predicted molar refractivity (Wildman–Crippen MR) is 79.4 cm³/mol. The number of ether oxygens (including phenoxy) is 2. The van der Waals surface area contributed by atoms with Crippen LogP contribution in [0.4, 0.5) is 4.39 Å². The van der Waals surface area contributed by atoms with Crippen molar-refractivity contribution in [1.29, 1.82) is 0 Å². The lowest BCUT2D eigenvalue weighted by Gasteiger charge is -2.27. The smallest absolute Gasteiger partial charge is 0.249 e. The van der Waals surface area contributed by atoms with E-state index in [-0.39, 0.29) is 36.8 Å². The van der Waals surface area contributed by atoms with Crippen LogP contribution in [-0.4, -0.2) is 49.6 Å². The second-order valence-corrected chi connectivity index (χ2v) is 5.66. The summed E-state index contributed by atoms with van der Waals surface area (Å²) in [7, 11) is 0. The summed E-state index contributed by atoms with van der Waals surface area (Å²) in [5.41, 5.74) is 0.769. The van der Waals surface area contributed by atoms with E-state index in [2.05, 4.69) is 5.32 Å². The van der Waals surface area contributed by atoms with Gasteiger partial charge in [-0.25, -0.2) is 4.39 Å². The third-order valence-electron chi connectivity index (χ3n) is 4.00. The summed E-state index contributed by atoms with van der Waals surface area (Å²) in [5.74, 6) is -0.314. The summed E-state index contributed by atoms with van der Waals surface area (Å²) < 4.78 is 23.9. The van der Waals surface area contributed by atoms with Gasteiger partial charge in [-0.15, -0.1) is 0 Å². The molecular weight excluding hydrogens is 303 g/mol. The highest BCUT2D eigenvalue weighted by Crippen LogP contribution is 2.32. The van der Waals surface area contributed by atoms with Crippen molar-refractivity contribution in [3.05, 3.63) is 29.6 Å². The Labute approximate surface area is 133 Å².